The zero-order valence-electron chi connectivity index (χ0n) is 8.44. The van der Waals surface area contributed by atoms with Crippen LogP contribution in [0.1, 0.15) is 11.3 Å². The first-order valence-electron chi connectivity index (χ1n) is 4.67. The van der Waals surface area contributed by atoms with Gasteiger partial charge >= 0.3 is 0 Å². The summed E-state index contributed by atoms with van der Waals surface area (Å²) in [6.07, 6.45) is 1.78. The van der Waals surface area contributed by atoms with E-state index in [9.17, 15) is 0 Å². The molecule has 0 fully saturated rings. The SMILES string of the molecule is Cc1c(C#N)c(N)cn1-c1ccccc1. The van der Waals surface area contributed by atoms with Gasteiger partial charge in [-0.25, -0.2) is 0 Å². The Bertz CT molecular complexity index is 518. The number of aromatic nitrogens is 1. The molecule has 74 valence electrons. The Morgan fingerprint density at radius 3 is 2.47 bits per heavy atom. The maximum atomic E-state index is 8.92. The van der Waals surface area contributed by atoms with Crippen LogP contribution < -0.4 is 5.73 Å². The molecule has 3 nitrogen and oxygen atoms in total. The highest BCUT2D eigenvalue weighted by Crippen LogP contribution is 2.21. The summed E-state index contributed by atoms with van der Waals surface area (Å²) < 4.78 is 1.92. The molecule has 0 aliphatic rings. The maximum Gasteiger partial charge on any atom is 0.103 e. The van der Waals surface area contributed by atoms with E-state index in [1.807, 2.05) is 41.8 Å². The van der Waals surface area contributed by atoms with Crippen molar-refractivity contribution in [2.75, 3.05) is 5.73 Å². The standard InChI is InChI=1S/C12H11N3/c1-9-11(7-13)12(14)8-15(9)10-5-3-2-4-6-10/h2-6,8H,14H2,1H3. The number of nitrogens with zero attached hydrogens (tertiary/aromatic N) is 2. The van der Waals surface area contributed by atoms with E-state index in [-0.39, 0.29) is 0 Å². The Hall–Kier alpha value is -2.21. The average molecular weight is 197 g/mol. The lowest BCUT2D eigenvalue weighted by atomic mass is 10.2. The van der Waals surface area contributed by atoms with Crippen molar-refractivity contribution in [2.45, 2.75) is 6.92 Å². The van der Waals surface area contributed by atoms with Crippen LogP contribution in [-0.2, 0) is 0 Å². The molecule has 1 aromatic heterocycles. The lowest BCUT2D eigenvalue weighted by Crippen LogP contribution is -1.94. The van der Waals surface area contributed by atoms with Crippen molar-refractivity contribution in [3.05, 3.63) is 47.8 Å². The van der Waals surface area contributed by atoms with Crippen molar-refractivity contribution < 1.29 is 0 Å². The minimum atomic E-state index is 0.527. The molecule has 0 aliphatic carbocycles. The van der Waals surface area contributed by atoms with E-state index in [1.165, 1.54) is 0 Å². The summed E-state index contributed by atoms with van der Waals surface area (Å²) in [6.45, 7) is 1.89. The lowest BCUT2D eigenvalue weighted by molar-refractivity contribution is 1.01. The predicted octanol–water partition coefficient (Wildman–Crippen LogP) is 2.24. The number of nitrogen functional groups attached to an aromatic ring is 1. The smallest absolute Gasteiger partial charge is 0.103 e. The molecule has 0 unspecified atom stereocenters. The van der Waals surface area contributed by atoms with Crippen molar-refractivity contribution in [3.63, 3.8) is 0 Å². The van der Waals surface area contributed by atoms with Crippen LogP contribution in [0.5, 0.6) is 0 Å². The molecule has 0 bridgehead atoms. The number of nitrogens with two attached hydrogens (primary N) is 1. The zero-order valence-corrected chi connectivity index (χ0v) is 8.44. The van der Waals surface area contributed by atoms with Crippen LogP contribution in [0.3, 0.4) is 0 Å². The van der Waals surface area contributed by atoms with Crippen LogP contribution in [0.15, 0.2) is 36.5 Å². The lowest BCUT2D eigenvalue weighted by Gasteiger charge is -2.04. The summed E-state index contributed by atoms with van der Waals surface area (Å²) in [6, 6.07) is 11.9. The second-order valence-corrected chi connectivity index (χ2v) is 3.36. The van der Waals surface area contributed by atoms with Gasteiger partial charge in [0.2, 0.25) is 0 Å². The van der Waals surface area contributed by atoms with Gasteiger partial charge in [0.1, 0.15) is 6.07 Å². The van der Waals surface area contributed by atoms with Gasteiger partial charge in [0.05, 0.1) is 11.3 Å². The first-order chi connectivity index (χ1) is 7.24. The first-order valence-corrected chi connectivity index (χ1v) is 4.67. The molecule has 1 aromatic carbocycles. The number of para-hydroxylation sites is 1. The molecule has 15 heavy (non-hydrogen) atoms. The second kappa shape index (κ2) is 3.50. The third-order valence-electron chi connectivity index (χ3n) is 2.43. The van der Waals surface area contributed by atoms with Crippen molar-refractivity contribution in [3.8, 4) is 11.8 Å². The number of hydrogen-bond donors (Lipinski definition) is 1. The Kier molecular flexibility index (Phi) is 2.18. The van der Waals surface area contributed by atoms with E-state index in [1.54, 1.807) is 6.20 Å². The highest BCUT2D eigenvalue weighted by Gasteiger charge is 2.10. The van der Waals surface area contributed by atoms with Gasteiger partial charge < -0.3 is 10.3 Å². The number of anilines is 1. The van der Waals surface area contributed by atoms with Crippen molar-refractivity contribution in [1.82, 2.24) is 4.57 Å². The topological polar surface area (TPSA) is 54.7 Å². The minimum absolute atomic E-state index is 0.527. The number of rotatable bonds is 1. The molecule has 0 saturated heterocycles. The van der Waals surface area contributed by atoms with Gasteiger partial charge in [0.15, 0.2) is 0 Å². The molecular weight excluding hydrogens is 186 g/mol. The van der Waals surface area contributed by atoms with Crippen LogP contribution >= 0.6 is 0 Å². The predicted molar refractivity (Wildman–Crippen MR) is 59.6 cm³/mol. The summed E-state index contributed by atoms with van der Waals surface area (Å²) in [5.41, 5.74) is 8.72. The van der Waals surface area contributed by atoms with Gasteiger partial charge in [0.25, 0.3) is 0 Å². The van der Waals surface area contributed by atoms with Crippen molar-refractivity contribution in [1.29, 1.82) is 5.26 Å². The highest BCUT2D eigenvalue weighted by molar-refractivity contribution is 5.59. The normalized spacial score (nSPS) is 9.87. The molecular formula is C12H11N3. The molecule has 3 heteroatoms. The van der Waals surface area contributed by atoms with Gasteiger partial charge in [-0.1, -0.05) is 18.2 Å². The van der Waals surface area contributed by atoms with Gasteiger partial charge in [0, 0.05) is 17.6 Å². The summed E-state index contributed by atoms with van der Waals surface area (Å²) in [5, 5.41) is 8.92. The molecule has 2 rings (SSSR count). The first kappa shape index (κ1) is 9.35. The average Bonchev–Trinajstić information content (AvgIpc) is 2.55. The van der Waals surface area contributed by atoms with Crippen molar-refractivity contribution in [2.24, 2.45) is 0 Å². The number of hydrogen-bond acceptors (Lipinski definition) is 2. The zero-order chi connectivity index (χ0) is 10.8. The van der Waals surface area contributed by atoms with E-state index in [0.29, 0.717) is 11.3 Å². The van der Waals surface area contributed by atoms with Crippen LogP contribution in [0.2, 0.25) is 0 Å². The fourth-order valence-electron chi connectivity index (χ4n) is 1.63. The fraction of sp³-hybridized carbons (Fsp3) is 0.0833. The molecule has 0 saturated carbocycles. The molecule has 0 atom stereocenters. The van der Waals surface area contributed by atoms with E-state index in [2.05, 4.69) is 6.07 Å². The van der Waals surface area contributed by atoms with Crippen molar-refractivity contribution >= 4 is 5.69 Å². The third kappa shape index (κ3) is 1.46. The summed E-state index contributed by atoms with van der Waals surface area (Å²) >= 11 is 0. The molecule has 0 aliphatic heterocycles. The molecule has 1 heterocycles. The van der Waals surface area contributed by atoms with Gasteiger partial charge in [-0.2, -0.15) is 5.26 Å². The Morgan fingerprint density at radius 1 is 1.27 bits per heavy atom. The molecule has 2 N–H and O–H groups in total. The van der Waals surface area contributed by atoms with E-state index >= 15 is 0 Å². The minimum Gasteiger partial charge on any atom is -0.396 e. The molecule has 0 radical (unpaired) electrons. The molecule has 2 aromatic rings. The van der Waals surface area contributed by atoms with E-state index in [0.717, 1.165) is 11.4 Å². The van der Waals surface area contributed by atoms with Crippen LogP contribution in [0.4, 0.5) is 5.69 Å². The number of nitriles is 1. The highest BCUT2D eigenvalue weighted by atomic mass is 15.0. The largest absolute Gasteiger partial charge is 0.396 e. The molecule has 0 amide bonds. The third-order valence-corrected chi connectivity index (χ3v) is 2.43. The summed E-state index contributed by atoms with van der Waals surface area (Å²) in [7, 11) is 0. The van der Waals surface area contributed by atoms with Crippen LogP contribution in [-0.4, -0.2) is 4.57 Å². The van der Waals surface area contributed by atoms with E-state index < -0.39 is 0 Å². The van der Waals surface area contributed by atoms with Gasteiger partial charge in [-0.05, 0) is 19.1 Å². The Balaban J connectivity index is 2.62. The van der Waals surface area contributed by atoms with E-state index in [4.69, 9.17) is 11.0 Å². The Labute approximate surface area is 88.4 Å². The Morgan fingerprint density at radius 2 is 1.93 bits per heavy atom. The number of benzene rings is 1. The van der Waals surface area contributed by atoms with Crippen LogP contribution in [0.25, 0.3) is 5.69 Å². The quantitative estimate of drug-likeness (QED) is 0.762. The monoisotopic (exact) mass is 197 g/mol. The summed E-state index contributed by atoms with van der Waals surface area (Å²) in [4.78, 5) is 0. The fourth-order valence-corrected chi connectivity index (χ4v) is 1.63. The second-order valence-electron chi connectivity index (χ2n) is 3.36. The van der Waals surface area contributed by atoms with Gasteiger partial charge in [-0.3, -0.25) is 0 Å². The van der Waals surface area contributed by atoms with Crippen LogP contribution in [0, 0.1) is 18.3 Å². The molecule has 0 spiro atoms. The summed E-state index contributed by atoms with van der Waals surface area (Å²) in [5.74, 6) is 0. The maximum absolute atomic E-state index is 8.92. The van der Waals surface area contributed by atoms with Gasteiger partial charge in [-0.15, -0.1) is 0 Å².